The van der Waals surface area contributed by atoms with Gasteiger partial charge < -0.3 is 5.73 Å². The van der Waals surface area contributed by atoms with Crippen molar-refractivity contribution < 1.29 is 0 Å². The highest BCUT2D eigenvalue weighted by atomic mass is 14.6. The van der Waals surface area contributed by atoms with Crippen LogP contribution in [0.4, 0.5) is 5.69 Å². The van der Waals surface area contributed by atoms with Crippen LogP contribution in [0, 0.1) is 20.8 Å². The van der Waals surface area contributed by atoms with E-state index in [9.17, 15) is 0 Å². The van der Waals surface area contributed by atoms with Crippen LogP contribution in [0.5, 0.6) is 0 Å². The van der Waals surface area contributed by atoms with Crippen LogP contribution in [0.1, 0.15) is 119 Å². The maximum absolute atomic E-state index is 6.14. The smallest absolute Gasteiger partial charge is 0.0349 e. The van der Waals surface area contributed by atoms with Gasteiger partial charge >= 0.3 is 0 Å². The molecule has 26 heavy (non-hydrogen) atoms. The van der Waals surface area contributed by atoms with E-state index >= 15 is 0 Å². The average molecular weight is 360 g/mol. The van der Waals surface area contributed by atoms with Crippen LogP contribution in [0.3, 0.4) is 0 Å². The lowest BCUT2D eigenvalue weighted by molar-refractivity contribution is 0.535. The van der Waals surface area contributed by atoms with Crippen molar-refractivity contribution in [2.45, 2.75) is 124 Å². The minimum absolute atomic E-state index is 0.966. The number of unbranched alkanes of at least 4 members (excludes halogenated alkanes) is 13. The zero-order valence-electron chi connectivity index (χ0n) is 18.3. The first-order valence-corrected chi connectivity index (χ1v) is 11.4. The molecule has 0 heterocycles. The fraction of sp³-hybridized carbons (Fsp3) is 0.760. The highest BCUT2D eigenvalue weighted by Crippen LogP contribution is 2.25. The quantitative estimate of drug-likeness (QED) is 0.248. The molecule has 0 saturated heterocycles. The Morgan fingerprint density at radius 1 is 0.577 bits per heavy atom. The molecule has 0 amide bonds. The Morgan fingerprint density at radius 2 is 1.00 bits per heavy atom. The van der Waals surface area contributed by atoms with Crippen molar-refractivity contribution in [1.29, 1.82) is 0 Å². The van der Waals surface area contributed by atoms with Gasteiger partial charge in [0, 0.05) is 5.69 Å². The second kappa shape index (κ2) is 14.1. The first-order chi connectivity index (χ1) is 12.6. The van der Waals surface area contributed by atoms with Crippen LogP contribution >= 0.6 is 0 Å². The Bertz CT molecular complexity index is 489. The number of benzene rings is 1. The Morgan fingerprint density at radius 3 is 1.46 bits per heavy atom. The molecular weight excluding hydrogens is 314 g/mol. The minimum Gasteiger partial charge on any atom is -0.398 e. The number of aryl methyl sites for hydroxylation is 1. The molecule has 0 aliphatic rings. The summed E-state index contributed by atoms with van der Waals surface area (Å²) in [6.07, 6.45) is 21.1. The lowest BCUT2D eigenvalue weighted by Crippen LogP contribution is -2.00. The maximum atomic E-state index is 6.14. The predicted octanol–water partition coefficient (Wildman–Crippen LogP) is 8.22. The summed E-state index contributed by atoms with van der Waals surface area (Å²) in [4.78, 5) is 0. The molecule has 0 bridgehead atoms. The van der Waals surface area contributed by atoms with Crippen LogP contribution < -0.4 is 5.73 Å². The van der Waals surface area contributed by atoms with Gasteiger partial charge in [0.2, 0.25) is 0 Å². The van der Waals surface area contributed by atoms with Crippen molar-refractivity contribution in [3.63, 3.8) is 0 Å². The van der Waals surface area contributed by atoms with E-state index in [-0.39, 0.29) is 0 Å². The van der Waals surface area contributed by atoms with Crippen LogP contribution in [0.15, 0.2) is 6.07 Å². The molecule has 0 spiro atoms. The number of nitrogen functional groups attached to an aromatic ring is 1. The molecular formula is C25H45N. The molecule has 0 fully saturated rings. The van der Waals surface area contributed by atoms with Gasteiger partial charge in [0.15, 0.2) is 0 Å². The number of nitrogens with two attached hydrogens (primary N) is 1. The Hall–Kier alpha value is -0.980. The second-order valence-corrected chi connectivity index (χ2v) is 8.35. The molecule has 1 rings (SSSR count). The fourth-order valence-corrected chi connectivity index (χ4v) is 3.91. The third kappa shape index (κ3) is 9.10. The van der Waals surface area contributed by atoms with E-state index in [4.69, 9.17) is 5.73 Å². The number of hydrogen-bond donors (Lipinski definition) is 1. The van der Waals surface area contributed by atoms with Gasteiger partial charge in [-0.1, -0.05) is 90.4 Å². The van der Waals surface area contributed by atoms with E-state index in [1.165, 1.54) is 119 Å². The number of hydrogen-bond acceptors (Lipinski definition) is 1. The van der Waals surface area contributed by atoms with E-state index in [1.807, 2.05) is 0 Å². The first kappa shape index (κ1) is 23.1. The summed E-state index contributed by atoms with van der Waals surface area (Å²) in [5.74, 6) is 0. The molecule has 0 radical (unpaired) electrons. The summed E-state index contributed by atoms with van der Waals surface area (Å²) < 4.78 is 0. The summed E-state index contributed by atoms with van der Waals surface area (Å²) in [6, 6.07) is 2.21. The van der Waals surface area contributed by atoms with Crippen LogP contribution in [-0.2, 0) is 6.42 Å². The lowest BCUT2D eigenvalue weighted by atomic mass is 9.94. The SMILES string of the molecule is CCCCCCCCCCCCCCCCc1cc(N)c(C)c(C)c1C. The molecule has 1 aromatic rings. The Kier molecular flexibility index (Phi) is 12.5. The molecule has 1 aromatic carbocycles. The van der Waals surface area contributed by atoms with Gasteiger partial charge in [-0.25, -0.2) is 0 Å². The molecule has 0 aliphatic heterocycles. The van der Waals surface area contributed by atoms with E-state index in [2.05, 4.69) is 33.8 Å². The van der Waals surface area contributed by atoms with Crippen molar-refractivity contribution in [2.24, 2.45) is 0 Å². The highest BCUT2D eigenvalue weighted by molar-refractivity contribution is 5.56. The van der Waals surface area contributed by atoms with E-state index in [0.29, 0.717) is 0 Å². The summed E-state index contributed by atoms with van der Waals surface area (Å²) in [5.41, 5.74) is 12.7. The van der Waals surface area contributed by atoms with Gasteiger partial charge in [-0.3, -0.25) is 0 Å². The zero-order chi connectivity index (χ0) is 19.2. The monoisotopic (exact) mass is 359 g/mol. The van der Waals surface area contributed by atoms with Crippen molar-refractivity contribution in [3.8, 4) is 0 Å². The number of anilines is 1. The topological polar surface area (TPSA) is 26.0 Å². The molecule has 0 atom stereocenters. The van der Waals surface area contributed by atoms with E-state index in [0.717, 1.165) is 5.69 Å². The molecule has 150 valence electrons. The largest absolute Gasteiger partial charge is 0.398 e. The van der Waals surface area contributed by atoms with Gasteiger partial charge in [0.05, 0.1) is 0 Å². The lowest BCUT2D eigenvalue weighted by Gasteiger charge is -2.14. The fourth-order valence-electron chi connectivity index (χ4n) is 3.91. The molecule has 0 aliphatic carbocycles. The average Bonchev–Trinajstić information content (AvgIpc) is 2.64. The van der Waals surface area contributed by atoms with Gasteiger partial charge in [0.25, 0.3) is 0 Å². The van der Waals surface area contributed by atoms with E-state index < -0.39 is 0 Å². The molecule has 1 nitrogen and oxygen atoms in total. The molecule has 0 saturated carbocycles. The summed E-state index contributed by atoms with van der Waals surface area (Å²) in [7, 11) is 0. The number of rotatable bonds is 15. The van der Waals surface area contributed by atoms with Crippen molar-refractivity contribution in [1.82, 2.24) is 0 Å². The molecule has 1 heteroatoms. The van der Waals surface area contributed by atoms with E-state index in [1.54, 1.807) is 0 Å². The third-order valence-corrected chi connectivity index (χ3v) is 6.17. The van der Waals surface area contributed by atoms with Gasteiger partial charge in [-0.05, 0) is 61.9 Å². The third-order valence-electron chi connectivity index (χ3n) is 6.17. The highest BCUT2D eigenvalue weighted by Gasteiger charge is 2.07. The van der Waals surface area contributed by atoms with Crippen molar-refractivity contribution >= 4 is 5.69 Å². The first-order valence-electron chi connectivity index (χ1n) is 11.4. The molecule has 2 N–H and O–H groups in total. The summed E-state index contributed by atoms with van der Waals surface area (Å²) >= 11 is 0. The maximum Gasteiger partial charge on any atom is 0.0349 e. The van der Waals surface area contributed by atoms with Gasteiger partial charge in [-0.2, -0.15) is 0 Å². The molecule has 0 unspecified atom stereocenters. The van der Waals surface area contributed by atoms with Crippen LogP contribution in [0.25, 0.3) is 0 Å². The predicted molar refractivity (Wildman–Crippen MR) is 119 cm³/mol. The normalized spacial score (nSPS) is 11.2. The van der Waals surface area contributed by atoms with Crippen molar-refractivity contribution in [2.75, 3.05) is 5.73 Å². The Labute approximate surface area is 164 Å². The van der Waals surface area contributed by atoms with Crippen LogP contribution in [-0.4, -0.2) is 0 Å². The Balaban J connectivity index is 1.97. The van der Waals surface area contributed by atoms with Crippen LogP contribution in [0.2, 0.25) is 0 Å². The minimum atomic E-state index is 0.966. The summed E-state index contributed by atoms with van der Waals surface area (Å²) in [5, 5.41) is 0. The standard InChI is InChI=1S/C25H45N/c1-5-6-7-8-9-10-11-12-13-14-15-16-17-18-19-24-20-25(26)23(4)21(2)22(24)3/h20H,5-19,26H2,1-4H3. The zero-order valence-corrected chi connectivity index (χ0v) is 18.3. The summed E-state index contributed by atoms with van der Waals surface area (Å²) in [6.45, 7) is 8.88. The second-order valence-electron chi connectivity index (χ2n) is 8.35. The molecule has 0 aromatic heterocycles. The van der Waals surface area contributed by atoms with Gasteiger partial charge in [-0.15, -0.1) is 0 Å². The van der Waals surface area contributed by atoms with Gasteiger partial charge in [0.1, 0.15) is 0 Å². The van der Waals surface area contributed by atoms with Crippen molar-refractivity contribution in [3.05, 3.63) is 28.3 Å².